The van der Waals surface area contributed by atoms with Crippen LogP contribution in [-0.2, 0) is 16.1 Å². The zero-order chi connectivity index (χ0) is 21.4. The first kappa shape index (κ1) is 23.3. The highest BCUT2D eigenvalue weighted by atomic mass is 35.5. The minimum atomic E-state index is -0.549. The first-order valence-electron chi connectivity index (χ1n) is 9.78. The number of benzene rings is 2. The van der Waals surface area contributed by atoms with E-state index in [2.05, 4.69) is 5.32 Å². The molecule has 6 heteroatoms. The van der Waals surface area contributed by atoms with Crippen molar-refractivity contribution in [2.75, 3.05) is 12.3 Å². The third-order valence-corrected chi connectivity index (χ3v) is 5.88. The first-order valence-corrected chi connectivity index (χ1v) is 11.1. The molecule has 2 amide bonds. The maximum Gasteiger partial charge on any atom is 0.242 e. The summed E-state index contributed by atoms with van der Waals surface area (Å²) in [5.74, 6) is 0.416. The van der Waals surface area contributed by atoms with Gasteiger partial charge in [-0.25, -0.2) is 0 Å². The Kier molecular flexibility index (Phi) is 9.05. The molecule has 2 aromatic rings. The van der Waals surface area contributed by atoms with Crippen molar-refractivity contribution < 1.29 is 9.59 Å². The lowest BCUT2D eigenvalue weighted by molar-refractivity contribution is -0.138. The van der Waals surface area contributed by atoms with Gasteiger partial charge in [0.15, 0.2) is 0 Å². The van der Waals surface area contributed by atoms with Crippen molar-refractivity contribution in [3.63, 3.8) is 0 Å². The lowest BCUT2D eigenvalue weighted by Crippen LogP contribution is -2.48. The minimum Gasteiger partial charge on any atom is -0.354 e. The average Bonchev–Trinajstić information content (AvgIpc) is 2.70. The molecule has 0 bridgehead atoms. The molecule has 1 N–H and O–H groups in total. The number of nitrogens with one attached hydrogen (secondary N) is 1. The second-order valence-corrected chi connectivity index (χ2v) is 8.99. The van der Waals surface area contributed by atoms with Gasteiger partial charge in [0.1, 0.15) is 6.04 Å². The predicted octanol–water partition coefficient (Wildman–Crippen LogP) is 4.93. The van der Waals surface area contributed by atoms with Gasteiger partial charge < -0.3 is 10.2 Å². The van der Waals surface area contributed by atoms with Gasteiger partial charge in [-0.15, -0.1) is 11.8 Å². The van der Waals surface area contributed by atoms with E-state index in [1.807, 2.05) is 57.2 Å². The van der Waals surface area contributed by atoms with E-state index in [4.69, 9.17) is 11.6 Å². The maximum absolute atomic E-state index is 13.1. The van der Waals surface area contributed by atoms with Gasteiger partial charge in [-0.1, -0.05) is 49.7 Å². The van der Waals surface area contributed by atoms with Crippen LogP contribution in [0.1, 0.15) is 31.9 Å². The summed E-state index contributed by atoms with van der Waals surface area (Å²) in [4.78, 5) is 28.4. The Morgan fingerprint density at radius 3 is 2.34 bits per heavy atom. The van der Waals surface area contributed by atoms with Gasteiger partial charge in [0.2, 0.25) is 11.8 Å². The van der Waals surface area contributed by atoms with E-state index in [1.165, 1.54) is 11.8 Å². The summed E-state index contributed by atoms with van der Waals surface area (Å²) in [5, 5.41) is 3.61. The molecule has 29 heavy (non-hydrogen) atoms. The molecule has 0 aliphatic rings. The van der Waals surface area contributed by atoms with Crippen LogP contribution in [0.4, 0.5) is 0 Å². The number of thioether (sulfide) groups is 1. The summed E-state index contributed by atoms with van der Waals surface area (Å²) in [6, 6.07) is 14.8. The first-order chi connectivity index (χ1) is 13.8. The molecule has 0 aliphatic heterocycles. The number of rotatable bonds is 9. The Hall–Kier alpha value is -1.98. The molecule has 0 spiro atoms. The van der Waals surface area contributed by atoms with Crippen molar-refractivity contribution in [2.24, 2.45) is 5.92 Å². The van der Waals surface area contributed by atoms with Gasteiger partial charge >= 0.3 is 0 Å². The second kappa shape index (κ2) is 11.3. The molecule has 2 aromatic carbocycles. The van der Waals surface area contributed by atoms with Crippen LogP contribution in [0.25, 0.3) is 0 Å². The Bertz CT molecular complexity index is 824. The van der Waals surface area contributed by atoms with Crippen LogP contribution >= 0.6 is 23.4 Å². The molecule has 0 saturated carbocycles. The topological polar surface area (TPSA) is 49.4 Å². The summed E-state index contributed by atoms with van der Waals surface area (Å²) in [5.41, 5.74) is 2.14. The lowest BCUT2D eigenvalue weighted by Gasteiger charge is -2.29. The van der Waals surface area contributed by atoms with Gasteiger partial charge in [-0.2, -0.15) is 0 Å². The summed E-state index contributed by atoms with van der Waals surface area (Å²) < 4.78 is 0. The van der Waals surface area contributed by atoms with Crippen LogP contribution in [0.2, 0.25) is 5.02 Å². The van der Waals surface area contributed by atoms with E-state index in [0.29, 0.717) is 24.0 Å². The fraction of sp³-hybridized carbons (Fsp3) is 0.391. The third kappa shape index (κ3) is 7.41. The Labute approximate surface area is 183 Å². The van der Waals surface area contributed by atoms with Gasteiger partial charge in [0, 0.05) is 23.0 Å². The van der Waals surface area contributed by atoms with Gasteiger partial charge in [-0.05, 0) is 55.2 Å². The molecule has 1 unspecified atom stereocenters. The highest BCUT2D eigenvalue weighted by molar-refractivity contribution is 8.00. The van der Waals surface area contributed by atoms with Crippen LogP contribution in [0, 0.1) is 12.8 Å². The number of hydrogen-bond acceptors (Lipinski definition) is 3. The summed E-state index contributed by atoms with van der Waals surface area (Å²) in [6.45, 7) is 8.90. The zero-order valence-electron chi connectivity index (χ0n) is 17.4. The van der Waals surface area contributed by atoms with Crippen molar-refractivity contribution in [3.05, 3.63) is 64.7 Å². The number of hydrogen-bond donors (Lipinski definition) is 1. The van der Waals surface area contributed by atoms with E-state index in [-0.39, 0.29) is 17.6 Å². The number of halogens is 1. The van der Waals surface area contributed by atoms with Gasteiger partial charge in [0.25, 0.3) is 0 Å². The number of carbonyl (C=O) groups is 2. The number of aryl methyl sites for hydroxylation is 1. The van der Waals surface area contributed by atoms with Crippen LogP contribution in [0.3, 0.4) is 0 Å². The number of carbonyl (C=O) groups excluding carboxylic acids is 2. The predicted molar refractivity (Wildman–Crippen MR) is 121 cm³/mol. The molecule has 2 rings (SSSR count). The smallest absolute Gasteiger partial charge is 0.242 e. The molecule has 0 saturated heterocycles. The molecular formula is C23H29ClN2O2S. The maximum atomic E-state index is 13.1. The van der Waals surface area contributed by atoms with Crippen LogP contribution in [0.5, 0.6) is 0 Å². The Balaban J connectivity index is 2.13. The highest BCUT2D eigenvalue weighted by Gasteiger charge is 2.26. The van der Waals surface area contributed by atoms with Crippen molar-refractivity contribution in [1.82, 2.24) is 10.2 Å². The molecule has 0 heterocycles. The van der Waals surface area contributed by atoms with E-state index < -0.39 is 6.04 Å². The quantitative estimate of drug-likeness (QED) is 0.571. The molecule has 1 atom stereocenters. The fourth-order valence-electron chi connectivity index (χ4n) is 2.76. The second-order valence-electron chi connectivity index (χ2n) is 7.51. The van der Waals surface area contributed by atoms with Gasteiger partial charge in [-0.3, -0.25) is 9.59 Å². The largest absolute Gasteiger partial charge is 0.354 e. The Morgan fingerprint density at radius 1 is 1.07 bits per heavy atom. The molecule has 0 aliphatic carbocycles. The lowest BCUT2D eigenvalue weighted by atomic mass is 10.1. The molecule has 0 fully saturated rings. The van der Waals surface area contributed by atoms with Crippen molar-refractivity contribution in [2.45, 2.75) is 45.2 Å². The van der Waals surface area contributed by atoms with Crippen LogP contribution < -0.4 is 5.32 Å². The summed E-state index contributed by atoms with van der Waals surface area (Å²) >= 11 is 7.38. The Morgan fingerprint density at radius 2 is 1.72 bits per heavy atom. The van der Waals surface area contributed by atoms with E-state index in [0.717, 1.165) is 16.0 Å². The molecule has 4 nitrogen and oxygen atoms in total. The summed E-state index contributed by atoms with van der Waals surface area (Å²) in [6.07, 6.45) is 0. The van der Waals surface area contributed by atoms with Crippen LogP contribution in [-0.4, -0.2) is 35.1 Å². The summed E-state index contributed by atoms with van der Waals surface area (Å²) in [7, 11) is 0. The van der Waals surface area contributed by atoms with Crippen LogP contribution in [0.15, 0.2) is 53.4 Å². The van der Waals surface area contributed by atoms with Gasteiger partial charge in [0.05, 0.1) is 5.75 Å². The van der Waals surface area contributed by atoms with Crippen molar-refractivity contribution in [1.29, 1.82) is 0 Å². The molecular weight excluding hydrogens is 404 g/mol. The molecule has 156 valence electrons. The minimum absolute atomic E-state index is 0.0691. The SMILES string of the molecule is Cc1ccccc1CN(C(=O)CSc1ccc(Cl)cc1)C(C)C(=O)NCC(C)C. The molecule has 0 aromatic heterocycles. The van der Waals surface area contributed by atoms with E-state index >= 15 is 0 Å². The van der Waals surface area contributed by atoms with Crippen molar-refractivity contribution in [3.8, 4) is 0 Å². The van der Waals surface area contributed by atoms with Crippen molar-refractivity contribution >= 4 is 35.2 Å². The molecule has 0 radical (unpaired) electrons. The third-order valence-electron chi connectivity index (χ3n) is 4.63. The number of nitrogens with zero attached hydrogens (tertiary/aromatic N) is 1. The zero-order valence-corrected chi connectivity index (χ0v) is 19.0. The average molecular weight is 433 g/mol. The van der Waals surface area contributed by atoms with E-state index in [1.54, 1.807) is 24.0 Å². The van der Waals surface area contributed by atoms with E-state index in [9.17, 15) is 9.59 Å². The fourth-order valence-corrected chi connectivity index (χ4v) is 3.68. The monoisotopic (exact) mass is 432 g/mol. The normalized spacial score (nSPS) is 11.9. The highest BCUT2D eigenvalue weighted by Crippen LogP contribution is 2.22. The standard InChI is InChI=1S/C23H29ClN2O2S/c1-16(2)13-25-23(28)18(4)26(14-19-8-6-5-7-17(19)3)22(27)15-29-21-11-9-20(24)10-12-21/h5-12,16,18H,13-15H2,1-4H3,(H,25,28). The number of amides is 2.